The van der Waals surface area contributed by atoms with Crippen LogP contribution in [0.15, 0.2) is 0 Å². The molecule has 0 aromatic carbocycles. The second-order valence-electron chi connectivity index (χ2n) is 1.52. The molecule has 0 radical (unpaired) electrons. The average Bonchev–Trinajstić information content (AvgIpc) is 1.81. The molecule has 0 heterocycles. The van der Waals surface area contributed by atoms with Crippen LogP contribution in [0.3, 0.4) is 0 Å². The van der Waals surface area contributed by atoms with Crippen LogP contribution < -0.4 is 0 Å². The number of alkyl halides is 3. The number of hydrogen-bond donors (Lipinski definition) is 1. The van der Waals surface area contributed by atoms with Crippen LogP contribution in [0.1, 0.15) is 0 Å². The van der Waals surface area contributed by atoms with Gasteiger partial charge >= 0.3 is 20.7 Å². The summed E-state index contributed by atoms with van der Waals surface area (Å²) in [5.41, 5.74) is 0. The standard InChI is InChI=1S/C2H2F3O6PS/c3-2(4,5)1(10-12(6)7)11-13(8)9/h1H,(H-,6,7,8,9). The molecule has 0 bridgehead atoms. The molecule has 3 atom stereocenters. The van der Waals surface area contributed by atoms with Gasteiger partial charge < -0.3 is 4.55 Å². The topological polar surface area (TPSA) is 95.9 Å². The monoisotopic (exact) mass is 242 g/mol. The van der Waals surface area contributed by atoms with Crippen molar-refractivity contribution in [3.63, 3.8) is 0 Å². The van der Waals surface area contributed by atoms with E-state index in [0.717, 1.165) is 0 Å². The highest BCUT2D eigenvalue weighted by Gasteiger charge is 2.48. The minimum Gasteiger partial charge on any atom is -0.750 e. The van der Waals surface area contributed by atoms with E-state index in [2.05, 4.69) is 8.71 Å². The third kappa shape index (κ3) is 6.02. The van der Waals surface area contributed by atoms with Crippen LogP contribution in [0.25, 0.3) is 0 Å². The summed E-state index contributed by atoms with van der Waals surface area (Å²) in [4.78, 5) is 7.91. The van der Waals surface area contributed by atoms with Crippen molar-refractivity contribution in [2.45, 2.75) is 12.5 Å². The van der Waals surface area contributed by atoms with Crippen molar-refractivity contribution in [3.05, 3.63) is 0 Å². The van der Waals surface area contributed by atoms with Gasteiger partial charge in [-0.3, -0.25) is 4.18 Å². The van der Waals surface area contributed by atoms with Gasteiger partial charge in [0.25, 0.3) is 0 Å². The van der Waals surface area contributed by atoms with Gasteiger partial charge in [-0.25, -0.2) is 4.21 Å². The van der Waals surface area contributed by atoms with Gasteiger partial charge in [-0.15, -0.1) is 4.89 Å². The lowest BCUT2D eigenvalue weighted by molar-refractivity contribution is -0.253. The Morgan fingerprint density at radius 1 is 1.54 bits per heavy atom. The Kier molecular flexibility index (Phi) is 4.89. The molecule has 0 aliphatic heterocycles. The van der Waals surface area contributed by atoms with Crippen LogP contribution in [0.5, 0.6) is 0 Å². The Bertz CT molecular complexity index is 200. The smallest absolute Gasteiger partial charge is 0.697 e. The van der Waals surface area contributed by atoms with E-state index >= 15 is 0 Å². The fourth-order valence-corrected chi connectivity index (χ4v) is 0.961. The Balaban J connectivity index is 4.37. The first-order valence-electron chi connectivity index (χ1n) is 2.39. The van der Waals surface area contributed by atoms with E-state index in [1.165, 1.54) is 0 Å². The Morgan fingerprint density at radius 3 is 2.23 bits per heavy atom. The van der Waals surface area contributed by atoms with Crippen molar-refractivity contribution >= 4 is 19.6 Å². The van der Waals surface area contributed by atoms with Crippen molar-refractivity contribution in [3.8, 4) is 0 Å². The Hall–Kier alpha value is -0.120. The minimum absolute atomic E-state index is 3.15. The molecule has 0 aliphatic carbocycles. The van der Waals surface area contributed by atoms with E-state index in [-0.39, 0.29) is 0 Å². The maximum atomic E-state index is 11.7. The second-order valence-corrected chi connectivity index (χ2v) is 2.80. The summed E-state index contributed by atoms with van der Waals surface area (Å²) in [7, 11) is -3.60. The highest BCUT2D eigenvalue weighted by atomic mass is 32.2. The molecule has 0 saturated carbocycles. The SMILES string of the molecule is O=[P+](O)OC(OS(=O)[O-])C(F)(F)F. The second kappa shape index (κ2) is 4.94. The zero-order chi connectivity index (χ0) is 10.6. The van der Waals surface area contributed by atoms with Crippen LogP contribution in [0, 0.1) is 0 Å². The van der Waals surface area contributed by atoms with E-state index in [1.807, 2.05) is 0 Å². The molecule has 0 rings (SSSR count). The zero-order valence-corrected chi connectivity index (χ0v) is 7.27. The molecule has 0 aromatic heterocycles. The summed E-state index contributed by atoms with van der Waals surface area (Å²) in [6.45, 7) is 0. The van der Waals surface area contributed by atoms with Gasteiger partial charge in [0.05, 0.1) is 11.4 Å². The van der Waals surface area contributed by atoms with Gasteiger partial charge in [-0.2, -0.15) is 13.2 Å². The van der Waals surface area contributed by atoms with Crippen LogP contribution in [-0.4, -0.2) is 26.1 Å². The van der Waals surface area contributed by atoms with Crippen LogP contribution in [0.4, 0.5) is 13.2 Å². The van der Waals surface area contributed by atoms with E-state index in [9.17, 15) is 26.5 Å². The van der Waals surface area contributed by atoms with Gasteiger partial charge in [-0.05, 0) is 0 Å². The molecule has 78 valence electrons. The number of rotatable bonds is 4. The fraction of sp³-hybridized carbons (Fsp3) is 1.00. The molecule has 0 fully saturated rings. The highest BCUT2D eigenvalue weighted by molar-refractivity contribution is 7.74. The largest absolute Gasteiger partial charge is 0.750 e. The van der Waals surface area contributed by atoms with Crippen molar-refractivity contribution < 1.29 is 40.1 Å². The molecule has 0 aromatic rings. The van der Waals surface area contributed by atoms with Crippen molar-refractivity contribution in [2.24, 2.45) is 0 Å². The molecule has 0 saturated heterocycles. The molecule has 0 amide bonds. The summed E-state index contributed by atoms with van der Waals surface area (Å²) in [6, 6.07) is 0. The van der Waals surface area contributed by atoms with Gasteiger partial charge in [-0.1, -0.05) is 4.52 Å². The van der Waals surface area contributed by atoms with Gasteiger partial charge in [0.15, 0.2) is 0 Å². The summed E-state index contributed by atoms with van der Waals surface area (Å²) in [5, 5.41) is 0. The van der Waals surface area contributed by atoms with Crippen LogP contribution in [0.2, 0.25) is 0 Å². The maximum absolute atomic E-state index is 11.7. The lowest BCUT2D eigenvalue weighted by Gasteiger charge is -2.14. The fourth-order valence-electron chi connectivity index (χ4n) is 0.285. The van der Waals surface area contributed by atoms with E-state index < -0.39 is 32.1 Å². The normalized spacial score (nSPS) is 18.1. The Morgan fingerprint density at radius 2 is 2.00 bits per heavy atom. The van der Waals surface area contributed by atoms with Crippen LogP contribution >= 0.6 is 8.25 Å². The molecule has 0 spiro atoms. The van der Waals surface area contributed by atoms with Crippen LogP contribution in [-0.2, 0) is 24.6 Å². The van der Waals surface area contributed by atoms with Gasteiger partial charge in [0.2, 0.25) is 0 Å². The van der Waals surface area contributed by atoms with Crippen molar-refractivity contribution in [2.75, 3.05) is 0 Å². The quantitative estimate of drug-likeness (QED) is 0.434. The Labute approximate surface area is 73.1 Å². The van der Waals surface area contributed by atoms with E-state index in [1.54, 1.807) is 0 Å². The minimum atomic E-state index is -5.20. The molecule has 6 nitrogen and oxygen atoms in total. The molecule has 11 heteroatoms. The summed E-state index contributed by atoms with van der Waals surface area (Å²) in [5.74, 6) is 0. The lowest BCUT2D eigenvalue weighted by atomic mass is 10.6. The first kappa shape index (κ1) is 12.9. The summed E-state index contributed by atoms with van der Waals surface area (Å²) in [6.07, 6.45) is -8.47. The first-order chi connectivity index (χ1) is 5.73. The number of hydrogen-bond acceptors (Lipinski definition) is 5. The third-order valence-corrected chi connectivity index (χ3v) is 1.32. The van der Waals surface area contributed by atoms with Crippen molar-refractivity contribution in [1.82, 2.24) is 0 Å². The molecular weight excluding hydrogens is 240 g/mol. The van der Waals surface area contributed by atoms with Gasteiger partial charge in [0.1, 0.15) is 0 Å². The van der Waals surface area contributed by atoms with E-state index in [4.69, 9.17) is 4.89 Å². The first-order valence-corrected chi connectivity index (χ1v) is 4.52. The highest BCUT2D eigenvalue weighted by Crippen LogP contribution is 2.31. The lowest BCUT2D eigenvalue weighted by Crippen LogP contribution is -2.33. The maximum Gasteiger partial charge on any atom is 0.697 e. The molecular formula is C2H2F3O6PS. The molecule has 1 N–H and O–H groups in total. The zero-order valence-electron chi connectivity index (χ0n) is 5.56. The molecule has 0 aliphatic rings. The third-order valence-electron chi connectivity index (χ3n) is 0.619. The summed E-state index contributed by atoms with van der Waals surface area (Å²) < 4.78 is 70.5. The molecule has 3 unspecified atom stereocenters. The average molecular weight is 242 g/mol. The van der Waals surface area contributed by atoms with Gasteiger partial charge in [0, 0.05) is 4.57 Å². The van der Waals surface area contributed by atoms with Crippen molar-refractivity contribution in [1.29, 1.82) is 0 Å². The van der Waals surface area contributed by atoms with E-state index in [0.29, 0.717) is 0 Å². The summed E-state index contributed by atoms with van der Waals surface area (Å²) >= 11 is -3.49. The number of halogens is 3. The predicted molar refractivity (Wildman–Crippen MR) is 30.8 cm³/mol. The predicted octanol–water partition coefficient (Wildman–Crippen LogP) is 0.352. The molecule has 13 heavy (non-hydrogen) atoms.